The number of carbonyl (C=O) groups excluding carboxylic acids is 2. The number of halogens is 4. The number of ether oxygens (including phenoxy) is 1. The van der Waals surface area contributed by atoms with E-state index in [4.69, 9.17) is 0 Å². The van der Waals surface area contributed by atoms with Gasteiger partial charge >= 0.3 is 12.4 Å². The van der Waals surface area contributed by atoms with Crippen LogP contribution in [0.2, 0.25) is 0 Å². The molecule has 3 heterocycles. The number of alkyl halides is 3. The maximum Gasteiger partial charge on any atom is 0.573 e. The molecule has 38 heavy (non-hydrogen) atoms. The molecule has 3 aliphatic rings. The Balaban J connectivity index is 1.33. The lowest BCUT2D eigenvalue weighted by Gasteiger charge is -2.47. The van der Waals surface area contributed by atoms with E-state index in [-0.39, 0.29) is 42.1 Å². The number of aromatic amines is 1. The van der Waals surface area contributed by atoms with Crippen molar-refractivity contribution in [3.05, 3.63) is 52.2 Å². The highest BCUT2D eigenvalue weighted by atomic mass is 19.4. The number of hydrogen-bond acceptors (Lipinski definition) is 6. The number of benzene rings is 1. The molecular weight excluding hydrogens is 512 g/mol. The minimum atomic E-state index is -4.94. The lowest BCUT2D eigenvalue weighted by molar-refractivity contribution is -0.274. The molecule has 2 unspecified atom stereocenters. The zero-order valence-corrected chi connectivity index (χ0v) is 20.2. The molecule has 3 N–H and O–H groups in total. The summed E-state index contributed by atoms with van der Waals surface area (Å²) in [5, 5.41) is 5.56. The summed E-state index contributed by atoms with van der Waals surface area (Å²) in [7, 11) is 0. The normalized spacial score (nSPS) is 23.3. The quantitative estimate of drug-likeness (QED) is 0.486. The molecule has 2 saturated heterocycles. The smallest absolute Gasteiger partial charge is 0.406 e. The molecule has 1 spiro atoms. The highest BCUT2D eigenvalue weighted by Gasteiger charge is 2.49. The van der Waals surface area contributed by atoms with Crippen molar-refractivity contribution in [2.75, 3.05) is 24.5 Å². The van der Waals surface area contributed by atoms with Gasteiger partial charge in [-0.1, -0.05) is 6.07 Å². The van der Waals surface area contributed by atoms with E-state index in [1.807, 2.05) is 4.90 Å². The van der Waals surface area contributed by atoms with Crippen LogP contribution in [0, 0.1) is 11.2 Å². The van der Waals surface area contributed by atoms with Gasteiger partial charge in [0, 0.05) is 67.9 Å². The van der Waals surface area contributed by atoms with E-state index in [0.717, 1.165) is 25.0 Å². The van der Waals surface area contributed by atoms with Crippen LogP contribution in [-0.2, 0) is 11.3 Å². The second kappa shape index (κ2) is 9.80. The van der Waals surface area contributed by atoms with Crippen molar-refractivity contribution in [2.45, 2.75) is 50.7 Å². The van der Waals surface area contributed by atoms with Gasteiger partial charge in [0.15, 0.2) is 0 Å². The second-order valence-electron chi connectivity index (χ2n) is 10.0. The first-order chi connectivity index (χ1) is 18.0. The van der Waals surface area contributed by atoms with Gasteiger partial charge < -0.3 is 25.2 Å². The van der Waals surface area contributed by atoms with E-state index in [1.165, 1.54) is 12.3 Å². The molecule has 2 aliphatic heterocycles. The van der Waals surface area contributed by atoms with Crippen LogP contribution >= 0.6 is 0 Å². The number of H-pyrrole nitrogens is 1. The van der Waals surface area contributed by atoms with E-state index < -0.39 is 29.4 Å². The molecule has 2 aromatic rings. The Morgan fingerprint density at radius 1 is 1.24 bits per heavy atom. The van der Waals surface area contributed by atoms with E-state index in [0.29, 0.717) is 38.1 Å². The van der Waals surface area contributed by atoms with Crippen LogP contribution in [-0.4, -0.2) is 64.9 Å². The molecule has 2 atom stereocenters. The van der Waals surface area contributed by atoms with Crippen molar-refractivity contribution in [3.63, 3.8) is 0 Å². The Labute approximate surface area is 214 Å². The van der Waals surface area contributed by atoms with Crippen molar-refractivity contribution in [1.82, 2.24) is 25.5 Å². The van der Waals surface area contributed by atoms with Crippen LogP contribution in [0.25, 0.3) is 0 Å². The van der Waals surface area contributed by atoms with Crippen LogP contribution < -0.4 is 25.8 Å². The Hall–Kier alpha value is -3.84. The number of urea groups is 1. The van der Waals surface area contributed by atoms with Crippen molar-refractivity contribution in [3.8, 4) is 5.75 Å². The number of nitrogens with zero attached hydrogens (tertiary/aromatic N) is 3. The zero-order valence-electron chi connectivity index (χ0n) is 20.2. The molecule has 1 aliphatic carbocycles. The fourth-order valence-electron chi connectivity index (χ4n) is 5.34. The lowest BCUT2D eigenvalue weighted by Crippen LogP contribution is -2.59. The number of rotatable bonds is 6. The van der Waals surface area contributed by atoms with Crippen LogP contribution in [0.3, 0.4) is 0 Å². The number of aromatic nitrogens is 2. The number of anilines is 1. The molecule has 1 aromatic carbocycles. The average molecular weight is 539 g/mol. The van der Waals surface area contributed by atoms with E-state index in [9.17, 15) is 31.9 Å². The number of nitrogens with one attached hydrogen (secondary N) is 3. The molecule has 3 amide bonds. The number of hydrogen-bond donors (Lipinski definition) is 3. The minimum Gasteiger partial charge on any atom is -0.406 e. The maximum atomic E-state index is 14.4. The second-order valence-corrected chi connectivity index (χ2v) is 10.0. The third kappa shape index (κ3) is 5.83. The Kier molecular flexibility index (Phi) is 6.65. The van der Waals surface area contributed by atoms with Gasteiger partial charge in [-0.25, -0.2) is 14.2 Å². The zero-order chi connectivity index (χ0) is 27.1. The minimum absolute atomic E-state index is 0.00186. The van der Waals surface area contributed by atoms with E-state index in [2.05, 4.69) is 25.3 Å². The summed E-state index contributed by atoms with van der Waals surface area (Å²) < 4.78 is 55.4. The molecule has 10 nitrogen and oxygen atoms in total. The molecular formula is C24H26F4N6O4. The van der Waals surface area contributed by atoms with Crippen LogP contribution in [0.4, 0.5) is 28.3 Å². The predicted molar refractivity (Wildman–Crippen MR) is 126 cm³/mol. The van der Waals surface area contributed by atoms with Gasteiger partial charge in [-0.2, -0.15) is 0 Å². The summed E-state index contributed by atoms with van der Waals surface area (Å²) in [6.07, 6.45) is -1.16. The first-order valence-electron chi connectivity index (χ1n) is 12.2. The molecule has 5 rings (SSSR count). The molecule has 3 fully saturated rings. The summed E-state index contributed by atoms with van der Waals surface area (Å²) in [6, 6.07) is 3.20. The van der Waals surface area contributed by atoms with Gasteiger partial charge in [0.2, 0.25) is 11.9 Å². The van der Waals surface area contributed by atoms with Crippen molar-refractivity contribution in [1.29, 1.82) is 0 Å². The third-order valence-corrected chi connectivity index (χ3v) is 7.04. The fraction of sp³-hybridized carbons (Fsp3) is 0.500. The topological polar surface area (TPSA) is 120 Å². The van der Waals surface area contributed by atoms with Gasteiger partial charge in [0.1, 0.15) is 11.6 Å². The SMILES string of the molecule is O=C1CC2(CN1)CC(N(C(=O)NCc1ccc(OC(F)(F)F)cc1F)C1CC1)CN(c1nccc(=O)[nH]1)C2. The largest absolute Gasteiger partial charge is 0.573 e. The molecule has 0 bridgehead atoms. The van der Waals surface area contributed by atoms with Crippen molar-refractivity contribution in [2.24, 2.45) is 5.41 Å². The first kappa shape index (κ1) is 25.8. The Morgan fingerprint density at radius 3 is 2.66 bits per heavy atom. The monoisotopic (exact) mass is 538 g/mol. The number of piperidine rings is 1. The van der Waals surface area contributed by atoms with E-state index >= 15 is 0 Å². The summed E-state index contributed by atoms with van der Waals surface area (Å²) in [5.41, 5.74) is -0.790. The third-order valence-electron chi connectivity index (χ3n) is 7.04. The average Bonchev–Trinajstić information content (AvgIpc) is 3.60. The molecule has 0 radical (unpaired) electrons. The predicted octanol–water partition coefficient (Wildman–Crippen LogP) is 2.27. The molecule has 14 heteroatoms. The van der Waals surface area contributed by atoms with Gasteiger partial charge in [0.25, 0.3) is 5.56 Å². The lowest BCUT2D eigenvalue weighted by atomic mass is 9.76. The maximum absolute atomic E-state index is 14.4. The Bertz CT molecular complexity index is 1280. The van der Waals surface area contributed by atoms with Crippen molar-refractivity contribution >= 4 is 17.9 Å². The standard InChI is InChI=1S/C24H26F4N6O4/c25-18-7-17(38-24(26,27)28)4-1-14(18)10-30-22(37)34(15-2-3-15)16-8-23(9-20(36)31-12-23)13-33(11-16)21-29-6-5-19(35)32-21/h1,4-7,15-16H,2-3,8-13H2,(H,30,37)(H,31,36)(H,29,32,35). The van der Waals surface area contributed by atoms with Crippen LogP contribution in [0.1, 0.15) is 31.2 Å². The summed E-state index contributed by atoms with van der Waals surface area (Å²) in [6.45, 7) is 1.01. The number of amides is 3. The van der Waals surface area contributed by atoms with Crippen LogP contribution in [0.5, 0.6) is 5.75 Å². The summed E-state index contributed by atoms with van der Waals surface area (Å²) in [4.78, 5) is 48.0. The van der Waals surface area contributed by atoms with Crippen molar-refractivity contribution < 1.29 is 31.9 Å². The summed E-state index contributed by atoms with van der Waals surface area (Å²) in [5.74, 6) is -1.37. The number of carbonyl (C=O) groups is 2. The van der Waals surface area contributed by atoms with Gasteiger partial charge in [-0.15, -0.1) is 13.2 Å². The van der Waals surface area contributed by atoms with Gasteiger partial charge in [0.05, 0.1) is 6.04 Å². The fourth-order valence-corrected chi connectivity index (χ4v) is 5.34. The highest BCUT2D eigenvalue weighted by Crippen LogP contribution is 2.41. The van der Waals surface area contributed by atoms with Crippen LogP contribution in [0.15, 0.2) is 35.3 Å². The van der Waals surface area contributed by atoms with Gasteiger partial charge in [-0.3, -0.25) is 14.6 Å². The highest BCUT2D eigenvalue weighted by molar-refractivity contribution is 5.79. The molecule has 1 aromatic heterocycles. The molecule has 1 saturated carbocycles. The van der Waals surface area contributed by atoms with E-state index in [1.54, 1.807) is 4.90 Å². The van der Waals surface area contributed by atoms with Gasteiger partial charge in [-0.05, 0) is 25.3 Å². The molecule has 204 valence electrons. The Morgan fingerprint density at radius 2 is 2.03 bits per heavy atom. The summed E-state index contributed by atoms with van der Waals surface area (Å²) >= 11 is 0. The first-order valence-corrected chi connectivity index (χ1v) is 12.2.